The van der Waals surface area contributed by atoms with E-state index >= 15 is 0 Å². The van der Waals surface area contributed by atoms with Crippen molar-refractivity contribution in [1.82, 2.24) is 29.8 Å². The Hall–Kier alpha value is -2.83. The average molecular weight is 325 g/mol. The third kappa shape index (κ3) is 3.56. The largest absolute Gasteiger partial charge is 0.357 e. The molecule has 3 aromatic heterocycles. The van der Waals surface area contributed by atoms with Crippen LogP contribution < -0.4 is 10.6 Å². The van der Waals surface area contributed by atoms with Crippen LogP contribution in [0.15, 0.2) is 41.7 Å². The van der Waals surface area contributed by atoms with Crippen LogP contribution in [0, 0.1) is 6.92 Å². The molecule has 0 aliphatic heterocycles. The molecule has 0 unspecified atom stereocenters. The molecule has 0 radical (unpaired) electrons. The van der Waals surface area contributed by atoms with E-state index < -0.39 is 0 Å². The molecular formula is C17H23N7. The van der Waals surface area contributed by atoms with E-state index in [1.807, 2.05) is 36.1 Å². The fraction of sp³-hybridized carbons (Fsp3) is 0.353. The van der Waals surface area contributed by atoms with Crippen LogP contribution in [0.1, 0.15) is 24.0 Å². The second-order valence-corrected chi connectivity index (χ2v) is 5.62. The highest BCUT2D eigenvalue weighted by Gasteiger charge is 2.04. The number of imidazole rings is 1. The molecule has 0 saturated carbocycles. The fourth-order valence-electron chi connectivity index (χ4n) is 2.53. The Morgan fingerprint density at radius 3 is 2.83 bits per heavy atom. The highest BCUT2D eigenvalue weighted by molar-refractivity contribution is 5.79. The number of hydrogen-bond acceptors (Lipinski definition) is 3. The molecular weight excluding hydrogens is 302 g/mol. The summed E-state index contributed by atoms with van der Waals surface area (Å²) in [5.74, 6) is 0.771. The number of nitrogens with zero attached hydrogens (tertiary/aromatic N) is 5. The molecule has 0 amide bonds. The summed E-state index contributed by atoms with van der Waals surface area (Å²) in [7, 11) is 1.93. The summed E-state index contributed by atoms with van der Waals surface area (Å²) in [4.78, 5) is 9.24. The monoisotopic (exact) mass is 325 g/mol. The summed E-state index contributed by atoms with van der Waals surface area (Å²) in [6, 6.07) is 8.08. The standard InChI is InChI=1S/C17H23N7/c1-4-18-17(20-11-15-8-9-21-23(15)3)19-10-14-12-24-13(2)6-5-7-16(24)22-14/h5-9,12H,4,10-11H2,1-3H3,(H2,18,19,20). The molecule has 0 aromatic carbocycles. The SMILES string of the molecule is CCNC(=NCc1cn2c(C)cccc2n1)NCc1ccnn1C. The Balaban J connectivity index is 1.70. The number of aromatic nitrogens is 4. The van der Waals surface area contributed by atoms with E-state index in [4.69, 9.17) is 0 Å². The van der Waals surface area contributed by atoms with Gasteiger partial charge in [-0.05, 0) is 32.0 Å². The van der Waals surface area contributed by atoms with Crippen molar-refractivity contribution >= 4 is 11.6 Å². The van der Waals surface area contributed by atoms with Gasteiger partial charge in [-0.3, -0.25) is 4.68 Å². The zero-order valence-corrected chi connectivity index (χ0v) is 14.3. The van der Waals surface area contributed by atoms with E-state index in [1.165, 1.54) is 0 Å². The lowest BCUT2D eigenvalue weighted by atomic mass is 10.4. The zero-order valence-electron chi connectivity index (χ0n) is 14.3. The smallest absolute Gasteiger partial charge is 0.191 e. The lowest BCUT2D eigenvalue weighted by Crippen LogP contribution is -2.37. The maximum atomic E-state index is 4.63. The van der Waals surface area contributed by atoms with Gasteiger partial charge in [-0.15, -0.1) is 0 Å². The Morgan fingerprint density at radius 1 is 1.25 bits per heavy atom. The van der Waals surface area contributed by atoms with E-state index in [1.54, 1.807) is 6.20 Å². The number of rotatable bonds is 5. The van der Waals surface area contributed by atoms with Gasteiger partial charge in [0.1, 0.15) is 5.65 Å². The van der Waals surface area contributed by atoms with Crippen molar-refractivity contribution in [3.05, 3.63) is 53.7 Å². The molecule has 3 rings (SSSR count). The van der Waals surface area contributed by atoms with E-state index in [-0.39, 0.29) is 0 Å². The van der Waals surface area contributed by atoms with E-state index in [0.29, 0.717) is 13.1 Å². The van der Waals surface area contributed by atoms with Crippen molar-refractivity contribution < 1.29 is 0 Å². The first kappa shape index (κ1) is 16.0. The molecule has 0 atom stereocenters. The van der Waals surface area contributed by atoms with Gasteiger partial charge in [0.05, 0.1) is 24.5 Å². The predicted octanol–water partition coefficient (Wildman–Crippen LogP) is 1.63. The highest BCUT2D eigenvalue weighted by atomic mass is 15.3. The molecule has 0 bridgehead atoms. The van der Waals surface area contributed by atoms with E-state index in [9.17, 15) is 0 Å². The van der Waals surface area contributed by atoms with Crippen molar-refractivity contribution in [3.63, 3.8) is 0 Å². The van der Waals surface area contributed by atoms with Crippen molar-refractivity contribution in [2.45, 2.75) is 26.9 Å². The molecule has 3 aromatic rings. The van der Waals surface area contributed by atoms with Gasteiger partial charge in [0.15, 0.2) is 5.96 Å². The molecule has 7 nitrogen and oxygen atoms in total. The minimum atomic E-state index is 0.530. The molecule has 2 N–H and O–H groups in total. The summed E-state index contributed by atoms with van der Waals surface area (Å²) in [5, 5.41) is 10.7. The molecule has 0 spiro atoms. The molecule has 0 aliphatic rings. The molecule has 0 aliphatic carbocycles. The first-order valence-corrected chi connectivity index (χ1v) is 8.10. The van der Waals surface area contributed by atoms with Gasteiger partial charge in [-0.1, -0.05) is 6.07 Å². The first-order chi connectivity index (χ1) is 11.7. The van der Waals surface area contributed by atoms with Crippen molar-refractivity contribution in [2.24, 2.45) is 12.0 Å². The van der Waals surface area contributed by atoms with E-state index in [0.717, 1.165) is 35.2 Å². The van der Waals surface area contributed by atoms with Crippen LogP contribution in [-0.4, -0.2) is 31.7 Å². The molecule has 0 saturated heterocycles. The Kier molecular flexibility index (Phi) is 4.79. The van der Waals surface area contributed by atoms with Crippen LogP contribution in [0.4, 0.5) is 0 Å². The normalized spacial score (nSPS) is 11.9. The van der Waals surface area contributed by atoms with Gasteiger partial charge in [0, 0.05) is 31.7 Å². The molecule has 24 heavy (non-hydrogen) atoms. The molecule has 0 fully saturated rings. The first-order valence-electron chi connectivity index (χ1n) is 8.10. The zero-order chi connectivity index (χ0) is 16.9. The van der Waals surface area contributed by atoms with Gasteiger partial charge in [-0.25, -0.2) is 9.98 Å². The van der Waals surface area contributed by atoms with Crippen LogP contribution in [0.3, 0.4) is 0 Å². The minimum absolute atomic E-state index is 0.530. The van der Waals surface area contributed by atoms with Gasteiger partial charge in [0.2, 0.25) is 0 Å². The summed E-state index contributed by atoms with van der Waals surface area (Å²) in [6.07, 6.45) is 3.83. The predicted molar refractivity (Wildman–Crippen MR) is 94.8 cm³/mol. The highest BCUT2D eigenvalue weighted by Crippen LogP contribution is 2.09. The Labute approximate surface area is 141 Å². The van der Waals surface area contributed by atoms with Crippen LogP contribution in [-0.2, 0) is 20.1 Å². The Bertz CT molecular complexity index is 844. The lowest BCUT2D eigenvalue weighted by molar-refractivity contribution is 0.684. The number of aliphatic imine (C=N–C) groups is 1. The van der Waals surface area contributed by atoms with Gasteiger partial charge < -0.3 is 15.0 Å². The van der Waals surface area contributed by atoms with Gasteiger partial charge in [-0.2, -0.15) is 5.10 Å². The second kappa shape index (κ2) is 7.16. The molecule has 3 heterocycles. The lowest BCUT2D eigenvalue weighted by Gasteiger charge is -2.11. The molecule has 126 valence electrons. The van der Waals surface area contributed by atoms with Crippen molar-refractivity contribution in [1.29, 1.82) is 0 Å². The van der Waals surface area contributed by atoms with Crippen molar-refractivity contribution in [3.8, 4) is 0 Å². The third-order valence-electron chi connectivity index (χ3n) is 3.85. The topological polar surface area (TPSA) is 71.5 Å². The number of pyridine rings is 1. The third-order valence-corrected chi connectivity index (χ3v) is 3.85. The maximum Gasteiger partial charge on any atom is 0.191 e. The fourth-order valence-corrected chi connectivity index (χ4v) is 2.53. The maximum absolute atomic E-state index is 4.63. The summed E-state index contributed by atoms with van der Waals surface area (Å²) in [5.41, 5.74) is 4.16. The van der Waals surface area contributed by atoms with Crippen LogP contribution in [0.2, 0.25) is 0 Å². The van der Waals surface area contributed by atoms with Gasteiger partial charge >= 0.3 is 0 Å². The molecule has 7 heteroatoms. The van der Waals surface area contributed by atoms with Crippen molar-refractivity contribution in [2.75, 3.05) is 6.54 Å². The van der Waals surface area contributed by atoms with Gasteiger partial charge in [0.25, 0.3) is 0 Å². The van der Waals surface area contributed by atoms with Crippen LogP contribution in [0.25, 0.3) is 5.65 Å². The van der Waals surface area contributed by atoms with Crippen LogP contribution >= 0.6 is 0 Å². The van der Waals surface area contributed by atoms with Crippen LogP contribution in [0.5, 0.6) is 0 Å². The summed E-state index contributed by atoms with van der Waals surface area (Å²) in [6.45, 7) is 6.13. The number of aryl methyl sites for hydroxylation is 2. The quantitative estimate of drug-likeness (QED) is 0.552. The Morgan fingerprint density at radius 2 is 2.12 bits per heavy atom. The second-order valence-electron chi connectivity index (χ2n) is 5.62. The van der Waals surface area contributed by atoms with E-state index in [2.05, 4.69) is 50.0 Å². The number of fused-ring (bicyclic) bond motifs is 1. The average Bonchev–Trinajstić information content (AvgIpc) is 3.17. The number of nitrogens with one attached hydrogen (secondary N) is 2. The summed E-state index contributed by atoms with van der Waals surface area (Å²) >= 11 is 0. The number of guanidine groups is 1. The minimum Gasteiger partial charge on any atom is -0.357 e. The number of hydrogen-bond donors (Lipinski definition) is 2. The summed E-state index contributed by atoms with van der Waals surface area (Å²) < 4.78 is 3.93.